The molecule has 0 saturated heterocycles. The van der Waals surface area contributed by atoms with Gasteiger partial charge < -0.3 is 15.2 Å². The van der Waals surface area contributed by atoms with Gasteiger partial charge in [-0.15, -0.1) is 0 Å². The maximum Gasteiger partial charge on any atom is 0.262 e. The van der Waals surface area contributed by atoms with Gasteiger partial charge in [0.15, 0.2) is 4.77 Å². The molecule has 0 aliphatic carbocycles. The Bertz CT molecular complexity index is 1520. The number of rotatable bonds is 7. The number of amides is 1. The number of fused-ring (bicyclic) bond motifs is 1. The Balaban J connectivity index is 1.81. The van der Waals surface area contributed by atoms with E-state index in [-0.39, 0.29) is 22.1 Å². The third-order valence-corrected chi connectivity index (χ3v) is 5.62. The highest BCUT2D eigenvalue weighted by Gasteiger charge is 2.18. The van der Waals surface area contributed by atoms with E-state index in [0.717, 1.165) is 16.1 Å². The number of aromatic amines is 1. The summed E-state index contributed by atoms with van der Waals surface area (Å²) in [4.78, 5) is 31.4. The molecule has 0 bridgehead atoms. The monoisotopic (exact) mass is 476 g/mol. The highest BCUT2D eigenvalue weighted by atomic mass is 32.1. The predicted molar refractivity (Wildman–Crippen MR) is 132 cm³/mol. The van der Waals surface area contributed by atoms with Crippen LogP contribution in [0.1, 0.15) is 25.8 Å². The average Bonchev–Trinajstić information content (AvgIpc) is 3.15. The lowest BCUT2D eigenvalue weighted by atomic mass is 10.1. The number of ether oxygens (including phenoxy) is 1. The lowest BCUT2D eigenvalue weighted by molar-refractivity contribution is -0.118. The second kappa shape index (κ2) is 9.88. The van der Waals surface area contributed by atoms with Crippen LogP contribution in [0.2, 0.25) is 0 Å². The maximum atomic E-state index is 12.8. The predicted octanol–water partition coefficient (Wildman–Crippen LogP) is 2.35. The Morgan fingerprint density at radius 3 is 2.68 bits per heavy atom. The van der Waals surface area contributed by atoms with Crippen LogP contribution in [-0.2, 0) is 4.79 Å². The number of aromatic nitrogens is 2. The molecule has 1 amide bonds. The van der Waals surface area contributed by atoms with Crippen molar-refractivity contribution in [2.24, 2.45) is 4.99 Å². The molecular weight excluding hydrogens is 452 g/mol. The molecule has 3 N–H and O–H groups in total. The summed E-state index contributed by atoms with van der Waals surface area (Å²) < 4.78 is 6.92. The van der Waals surface area contributed by atoms with Crippen molar-refractivity contribution in [3.63, 3.8) is 0 Å². The van der Waals surface area contributed by atoms with Gasteiger partial charge in [0, 0.05) is 18.7 Å². The molecule has 4 rings (SSSR count). The van der Waals surface area contributed by atoms with E-state index < -0.39 is 5.56 Å². The fourth-order valence-corrected chi connectivity index (χ4v) is 4.09. The zero-order chi connectivity index (χ0) is 24.2. The van der Waals surface area contributed by atoms with E-state index in [2.05, 4.69) is 15.3 Å². The average molecular weight is 477 g/mol. The Morgan fingerprint density at radius 1 is 1.24 bits per heavy atom. The lowest BCUT2D eigenvalue weighted by Crippen LogP contribution is -2.25. The van der Waals surface area contributed by atoms with Crippen molar-refractivity contribution in [1.82, 2.24) is 14.9 Å². The number of para-hydroxylation sites is 1. The summed E-state index contributed by atoms with van der Waals surface area (Å²) >= 11 is 5.32. The summed E-state index contributed by atoms with van der Waals surface area (Å²) in [6, 6.07) is 14.6. The van der Waals surface area contributed by atoms with E-state index in [1.54, 1.807) is 30.3 Å². The SMILES string of the molecule is CCOc1ccc(-n2c(O)c(C=C3N=c4ccccc4=C3CCNC(C)=O)c(=O)[nH]c2=S)cc1. The number of hydrogen-bond donors (Lipinski definition) is 3. The molecule has 0 spiro atoms. The highest BCUT2D eigenvalue weighted by Crippen LogP contribution is 2.26. The number of nitrogens with zero attached hydrogens (tertiary/aromatic N) is 2. The van der Waals surface area contributed by atoms with Crippen LogP contribution in [0.15, 0.2) is 64.0 Å². The van der Waals surface area contributed by atoms with Crippen LogP contribution >= 0.6 is 12.2 Å². The molecule has 34 heavy (non-hydrogen) atoms. The lowest BCUT2D eigenvalue weighted by Gasteiger charge is -2.13. The zero-order valence-corrected chi connectivity index (χ0v) is 19.6. The van der Waals surface area contributed by atoms with Gasteiger partial charge in [-0.1, -0.05) is 18.2 Å². The van der Waals surface area contributed by atoms with E-state index in [0.29, 0.717) is 36.7 Å². The quantitative estimate of drug-likeness (QED) is 0.454. The molecule has 0 saturated carbocycles. The van der Waals surface area contributed by atoms with Gasteiger partial charge in [0.25, 0.3) is 5.56 Å². The van der Waals surface area contributed by atoms with Gasteiger partial charge in [0.1, 0.15) is 11.3 Å². The smallest absolute Gasteiger partial charge is 0.262 e. The number of allylic oxidation sites excluding steroid dienone is 1. The number of benzene rings is 2. The van der Waals surface area contributed by atoms with Crippen LogP contribution in [0.25, 0.3) is 17.3 Å². The number of nitrogens with one attached hydrogen (secondary N) is 2. The van der Waals surface area contributed by atoms with Crippen molar-refractivity contribution in [1.29, 1.82) is 0 Å². The Labute approximate surface area is 200 Å². The van der Waals surface area contributed by atoms with Crippen LogP contribution in [-0.4, -0.2) is 33.7 Å². The summed E-state index contributed by atoms with van der Waals surface area (Å²) in [5.74, 6) is 0.267. The second-order valence-electron chi connectivity index (χ2n) is 7.63. The first-order valence-corrected chi connectivity index (χ1v) is 11.2. The number of aromatic hydroxyl groups is 1. The van der Waals surface area contributed by atoms with Gasteiger partial charge in [-0.2, -0.15) is 0 Å². The van der Waals surface area contributed by atoms with Crippen LogP contribution in [0.5, 0.6) is 11.6 Å². The number of carbonyl (C=O) groups is 1. The highest BCUT2D eigenvalue weighted by molar-refractivity contribution is 7.71. The van der Waals surface area contributed by atoms with Crippen molar-refractivity contribution in [3.8, 4) is 17.3 Å². The van der Waals surface area contributed by atoms with Crippen LogP contribution in [0.3, 0.4) is 0 Å². The van der Waals surface area contributed by atoms with E-state index in [1.165, 1.54) is 11.5 Å². The largest absolute Gasteiger partial charge is 0.494 e. The number of carbonyl (C=O) groups excluding carboxylic acids is 1. The third kappa shape index (κ3) is 4.69. The molecule has 0 unspecified atom stereocenters. The molecular formula is C25H24N4O4S. The molecule has 3 aromatic rings. The van der Waals surface area contributed by atoms with Gasteiger partial charge in [-0.3, -0.25) is 19.1 Å². The van der Waals surface area contributed by atoms with Gasteiger partial charge in [0.05, 0.1) is 23.3 Å². The van der Waals surface area contributed by atoms with Gasteiger partial charge >= 0.3 is 0 Å². The van der Waals surface area contributed by atoms with Crippen LogP contribution in [0.4, 0.5) is 0 Å². The van der Waals surface area contributed by atoms with Crippen molar-refractivity contribution in [3.05, 3.63) is 85.5 Å². The minimum Gasteiger partial charge on any atom is -0.494 e. The van der Waals surface area contributed by atoms with Crippen molar-refractivity contribution < 1.29 is 14.6 Å². The molecule has 0 atom stereocenters. The number of hydrogen-bond acceptors (Lipinski definition) is 6. The summed E-state index contributed by atoms with van der Waals surface area (Å²) in [5, 5.41) is 15.6. The van der Waals surface area contributed by atoms with E-state index in [9.17, 15) is 14.7 Å². The molecule has 0 fully saturated rings. The Kier molecular flexibility index (Phi) is 6.74. The van der Waals surface area contributed by atoms with Gasteiger partial charge in [0.2, 0.25) is 11.8 Å². The fraction of sp³-hybridized carbons (Fsp3) is 0.200. The first kappa shape index (κ1) is 23.2. The van der Waals surface area contributed by atoms with Crippen molar-refractivity contribution in [2.75, 3.05) is 13.2 Å². The summed E-state index contributed by atoms with van der Waals surface area (Å²) in [6.45, 7) is 4.31. The fourth-order valence-electron chi connectivity index (χ4n) is 3.81. The normalized spacial score (nSPS) is 13.5. The molecule has 2 aromatic carbocycles. The first-order chi connectivity index (χ1) is 16.4. The second-order valence-corrected chi connectivity index (χ2v) is 8.02. The Hall–Kier alpha value is -3.98. The van der Waals surface area contributed by atoms with Crippen molar-refractivity contribution >= 4 is 29.8 Å². The van der Waals surface area contributed by atoms with E-state index >= 15 is 0 Å². The standard InChI is InChI=1S/C25H24N4O4S/c1-3-33-17-10-8-16(9-11-17)29-24(32)20(23(31)28-25(29)34)14-22-19(12-13-26-15(2)30)18-6-4-5-7-21(18)27-22/h4-11,14,32H,3,12-13H2,1-2H3,(H,26,30)(H,28,31,34). The molecule has 174 valence electrons. The third-order valence-electron chi connectivity index (χ3n) is 5.34. The molecule has 1 aromatic heterocycles. The minimum atomic E-state index is -0.524. The summed E-state index contributed by atoms with van der Waals surface area (Å²) in [7, 11) is 0. The number of H-pyrrole nitrogens is 1. The van der Waals surface area contributed by atoms with E-state index in [4.69, 9.17) is 17.0 Å². The molecule has 8 nitrogen and oxygen atoms in total. The topological polar surface area (TPSA) is 109 Å². The van der Waals surface area contributed by atoms with Gasteiger partial charge in [-0.05, 0) is 67.5 Å². The maximum absolute atomic E-state index is 12.8. The minimum absolute atomic E-state index is 0.0334. The zero-order valence-electron chi connectivity index (χ0n) is 18.8. The van der Waals surface area contributed by atoms with Gasteiger partial charge in [-0.25, -0.2) is 4.99 Å². The molecule has 2 heterocycles. The molecule has 9 heteroatoms. The van der Waals surface area contributed by atoms with Crippen LogP contribution in [0, 0.1) is 4.77 Å². The first-order valence-electron chi connectivity index (χ1n) is 10.8. The summed E-state index contributed by atoms with van der Waals surface area (Å²) in [5.41, 5.74) is 1.50. The molecule has 0 radical (unpaired) electrons. The Morgan fingerprint density at radius 2 is 1.97 bits per heavy atom. The molecule has 1 aliphatic rings. The van der Waals surface area contributed by atoms with Crippen LogP contribution < -0.4 is 26.2 Å². The van der Waals surface area contributed by atoms with E-state index in [1.807, 2.05) is 31.2 Å². The van der Waals surface area contributed by atoms with Crippen molar-refractivity contribution in [2.45, 2.75) is 20.3 Å². The molecule has 1 aliphatic heterocycles. The summed E-state index contributed by atoms with van der Waals surface area (Å²) in [6.07, 6.45) is 2.07.